The van der Waals surface area contributed by atoms with Crippen LogP contribution in [0.5, 0.6) is 5.75 Å². The lowest BCUT2D eigenvalue weighted by atomic mass is 10.1. The van der Waals surface area contributed by atoms with E-state index < -0.39 is 10.0 Å². The molecular weight excluding hydrogens is 362 g/mol. The van der Waals surface area contributed by atoms with E-state index in [0.29, 0.717) is 29.0 Å². The second kappa shape index (κ2) is 7.61. The number of nitrogens with one attached hydrogen (secondary N) is 1. The molecule has 0 amide bonds. The van der Waals surface area contributed by atoms with Gasteiger partial charge in [0.15, 0.2) is 0 Å². The molecule has 0 unspecified atom stereocenters. The van der Waals surface area contributed by atoms with Crippen LogP contribution in [0.4, 0.5) is 0 Å². The summed E-state index contributed by atoms with van der Waals surface area (Å²) in [5, 5.41) is 12.7. The Hall–Kier alpha value is -3.16. The first-order valence-electron chi connectivity index (χ1n) is 8.13. The van der Waals surface area contributed by atoms with Crippen LogP contribution in [-0.4, -0.2) is 14.3 Å². The first-order valence-corrected chi connectivity index (χ1v) is 9.67. The molecule has 6 nitrogen and oxygen atoms in total. The first-order chi connectivity index (χ1) is 12.8. The van der Waals surface area contributed by atoms with Gasteiger partial charge in [-0.2, -0.15) is 0 Å². The number of benzene rings is 3. The lowest BCUT2D eigenvalue weighted by Crippen LogP contribution is -2.13. The van der Waals surface area contributed by atoms with E-state index in [4.69, 9.17) is 21.0 Å². The molecule has 0 aromatic heterocycles. The fraction of sp³-hybridized carbons (Fsp3) is 0.0500. The minimum Gasteiger partial charge on any atom is -0.489 e. The first kappa shape index (κ1) is 18.6. The van der Waals surface area contributed by atoms with Crippen molar-refractivity contribution in [2.75, 3.05) is 0 Å². The van der Waals surface area contributed by atoms with Gasteiger partial charge in [0, 0.05) is 11.1 Å². The number of amidine groups is 1. The van der Waals surface area contributed by atoms with Gasteiger partial charge in [-0.25, -0.2) is 13.6 Å². The number of primary sulfonamides is 1. The molecule has 0 aliphatic carbocycles. The highest BCUT2D eigenvalue weighted by Crippen LogP contribution is 2.29. The summed E-state index contributed by atoms with van der Waals surface area (Å²) >= 11 is 0. The van der Waals surface area contributed by atoms with Gasteiger partial charge in [0.1, 0.15) is 18.2 Å². The summed E-state index contributed by atoms with van der Waals surface area (Å²) in [7, 11) is -3.83. The maximum atomic E-state index is 11.8. The molecule has 0 fully saturated rings. The minimum atomic E-state index is -3.83. The molecule has 0 bridgehead atoms. The van der Waals surface area contributed by atoms with E-state index in [1.165, 1.54) is 6.07 Å². The summed E-state index contributed by atoms with van der Waals surface area (Å²) < 4.78 is 29.5. The summed E-state index contributed by atoms with van der Waals surface area (Å²) in [4.78, 5) is 0.0713. The number of hydrogen-bond acceptors (Lipinski definition) is 4. The van der Waals surface area contributed by atoms with Crippen LogP contribution in [0, 0.1) is 5.41 Å². The van der Waals surface area contributed by atoms with Gasteiger partial charge in [-0.15, -0.1) is 0 Å². The smallest absolute Gasteiger partial charge is 0.238 e. The summed E-state index contributed by atoms with van der Waals surface area (Å²) in [5.74, 6) is 0.621. The van der Waals surface area contributed by atoms with Crippen molar-refractivity contribution in [2.24, 2.45) is 10.9 Å². The summed E-state index contributed by atoms with van der Waals surface area (Å²) in [5.41, 5.74) is 8.25. The number of nitrogen functional groups attached to an aromatic ring is 1. The Bertz CT molecular complexity index is 1080. The molecule has 0 aliphatic rings. The molecule has 3 aromatic carbocycles. The van der Waals surface area contributed by atoms with Gasteiger partial charge < -0.3 is 10.5 Å². The third-order valence-corrected chi connectivity index (χ3v) is 4.98. The van der Waals surface area contributed by atoms with Crippen LogP contribution >= 0.6 is 0 Å². The molecule has 5 N–H and O–H groups in total. The largest absolute Gasteiger partial charge is 0.489 e. The Morgan fingerprint density at radius 3 is 2.33 bits per heavy atom. The molecule has 0 heterocycles. The van der Waals surface area contributed by atoms with Crippen LogP contribution in [0.2, 0.25) is 0 Å². The zero-order valence-electron chi connectivity index (χ0n) is 14.4. The average molecular weight is 381 g/mol. The van der Waals surface area contributed by atoms with E-state index >= 15 is 0 Å². The summed E-state index contributed by atoms with van der Waals surface area (Å²) in [6, 6.07) is 21.0. The van der Waals surface area contributed by atoms with Crippen LogP contribution in [0.3, 0.4) is 0 Å². The highest BCUT2D eigenvalue weighted by molar-refractivity contribution is 7.89. The quantitative estimate of drug-likeness (QED) is 0.449. The molecule has 3 rings (SSSR count). The summed E-state index contributed by atoms with van der Waals surface area (Å²) in [6.45, 7) is 0.332. The van der Waals surface area contributed by atoms with Gasteiger partial charge in [-0.3, -0.25) is 5.41 Å². The van der Waals surface area contributed by atoms with Crippen molar-refractivity contribution < 1.29 is 13.2 Å². The van der Waals surface area contributed by atoms with E-state index in [0.717, 1.165) is 5.56 Å². The zero-order valence-corrected chi connectivity index (χ0v) is 15.2. The molecule has 138 valence electrons. The van der Waals surface area contributed by atoms with Gasteiger partial charge in [-0.1, -0.05) is 54.6 Å². The van der Waals surface area contributed by atoms with Gasteiger partial charge in [0.25, 0.3) is 0 Å². The van der Waals surface area contributed by atoms with Crippen LogP contribution in [0.25, 0.3) is 11.1 Å². The number of sulfonamides is 1. The SMILES string of the molecule is N=C(N)c1ccc(COc2cccc(-c3ccccc3S(N)(=O)=O)c2)cc1. The van der Waals surface area contributed by atoms with Crippen molar-refractivity contribution >= 4 is 15.9 Å². The Kier molecular flexibility index (Phi) is 5.25. The van der Waals surface area contributed by atoms with Gasteiger partial charge in [0.2, 0.25) is 10.0 Å². The molecule has 27 heavy (non-hydrogen) atoms. The summed E-state index contributed by atoms with van der Waals surface area (Å²) in [6.07, 6.45) is 0. The molecule has 0 radical (unpaired) electrons. The van der Waals surface area contributed by atoms with Gasteiger partial charge >= 0.3 is 0 Å². The molecule has 3 aromatic rings. The second-order valence-corrected chi connectivity index (χ2v) is 7.50. The van der Waals surface area contributed by atoms with Crippen molar-refractivity contribution in [3.8, 4) is 16.9 Å². The van der Waals surface area contributed by atoms with E-state index in [9.17, 15) is 8.42 Å². The van der Waals surface area contributed by atoms with Crippen LogP contribution < -0.4 is 15.6 Å². The fourth-order valence-corrected chi connectivity index (χ4v) is 3.41. The van der Waals surface area contributed by atoms with E-state index in [2.05, 4.69) is 0 Å². The standard InChI is InChI=1S/C20H19N3O3S/c21-20(22)15-10-8-14(9-11-15)13-26-17-5-3-4-16(12-17)18-6-1-2-7-19(18)27(23,24)25/h1-12H,13H2,(H3,21,22)(H2,23,24,25). The normalized spacial score (nSPS) is 11.1. The van der Waals surface area contributed by atoms with Crippen molar-refractivity contribution in [3.63, 3.8) is 0 Å². The number of rotatable bonds is 6. The fourth-order valence-electron chi connectivity index (χ4n) is 2.65. The lowest BCUT2D eigenvalue weighted by Gasteiger charge is -2.11. The molecular formula is C20H19N3O3S. The highest BCUT2D eigenvalue weighted by atomic mass is 32.2. The van der Waals surface area contributed by atoms with Crippen LogP contribution in [0.15, 0.2) is 77.7 Å². The van der Waals surface area contributed by atoms with E-state index in [-0.39, 0.29) is 10.7 Å². The van der Waals surface area contributed by atoms with Crippen LogP contribution in [-0.2, 0) is 16.6 Å². The molecule has 0 saturated carbocycles. The van der Waals surface area contributed by atoms with Crippen molar-refractivity contribution in [2.45, 2.75) is 11.5 Å². The minimum absolute atomic E-state index is 0.0173. The van der Waals surface area contributed by atoms with E-state index in [1.807, 2.05) is 12.1 Å². The molecule has 0 saturated heterocycles. The maximum absolute atomic E-state index is 11.8. The van der Waals surface area contributed by atoms with Crippen LogP contribution in [0.1, 0.15) is 11.1 Å². The molecule has 0 aliphatic heterocycles. The monoisotopic (exact) mass is 381 g/mol. The molecule has 0 spiro atoms. The topological polar surface area (TPSA) is 119 Å². The van der Waals surface area contributed by atoms with E-state index in [1.54, 1.807) is 54.6 Å². The molecule has 0 atom stereocenters. The Morgan fingerprint density at radius 2 is 1.67 bits per heavy atom. The Balaban J connectivity index is 1.82. The van der Waals surface area contributed by atoms with Gasteiger partial charge in [-0.05, 0) is 29.3 Å². The Labute approximate surface area is 158 Å². The predicted molar refractivity (Wildman–Crippen MR) is 105 cm³/mol. The highest BCUT2D eigenvalue weighted by Gasteiger charge is 2.14. The van der Waals surface area contributed by atoms with Crippen molar-refractivity contribution in [1.29, 1.82) is 5.41 Å². The number of hydrogen-bond donors (Lipinski definition) is 3. The van der Waals surface area contributed by atoms with Crippen molar-refractivity contribution in [1.82, 2.24) is 0 Å². The third-order valence-electron chi connectivity index (χ3n) is 4.01. The van der Waals surface area contributed by atoms with Gasteiger partial charge in [0.05, 0.1) is 4.90 Å². The maximum Gasteiger partial charge on any atom is 0.238 e. The number of ether oxygens (including phenoxy) is 1. The Morgan fingerprint density at radius 1 is 0.963 bits per heavy atom. The van der Waals surface area contributed by atoms with Crippen molar-refractivity contribution in [3.05, 3.63) is 83.9 Å². The predicted octanol–water partition coefficient (Wildman–Crippen LogP) is 2.86. The second-order valence-electron chi connectivity index (χ2n) is 5.97. The zero-order chi connectivity index (χ0) is 19.4. The molecule has 7 heteroatoms. The average Bonchev–Trinajstić information content (AvgIpc) is 2.66. The third kappa shape index (κ3) is 4.52. The lowest BCUT2D eigenvalue weighted by molar-refractivity contribution is 0.306. The number of nitrogens with two attached hydrogens (primary N) is 2.